The Labute approximate surface area is 126 Å². The molecule has 0 amide bonds. The van der Waals surface area contributed by atoms with E-state index < -0.39 is 0 Å². The van der Waals surface area contributed by atoms with E-state index in [1.54, 1.807) is 0 Å². The molecule has 114 valence electrons. The van der Waals surface area contributed by atoms with E-state index in [9.17, 15) is 0 Å². The molecule has 0 aromatic heterocycles. The molecule has 1 unspecified atom stereocenters. The maximum absolute atomic E-state index is 3.68. The molecular formula is C19H33N. The first-order valence-corrected chi connectivity index (χ1v) is 7.98. The van der Waals surface area contributed by atoms with E-state index in [-0.39, 0.29) is 5.54 Å². The SMILES string of the molecule is Cc1ccc(C)c(CC(CNC(C)(C)C)CC(C)C)c1. The minimum Gasteiger partial charge on any atom is -0.312 e. The molecule has 1 rings (SSSR count). The van der Waals surface area contributed by atoms with Crippen molar-refractivity contribution >= 4 is 0 Å². The van der Waals surface area contributed by atoms with E-state index in [0.29, 0.717) is 0 Å². The van der Waals surface area contributed by atoms with Gasteiger partial charge < -0.3 is 5.32 Å². The normalized spacial score (nSPS) is 13.8. The van der Waals surface area contributed by atoms with Crippen molar-refractivity contribution in [3.63, 3.8) is 0 Å². The molecule has 0 radical (unpaired) electrons. The summed E-state index contributed by atoms with van der Waals surface area (Å²) in [6.45, 7) is 16.9. The van der Waals surface area contributed by atoms with Crippen LogP contribution in [0, 0.1) is 25.7 Å². The molecule has 1 atom stereocenters. The molecule has 1 aromatic rings. The monoisotopic (exact) mass is 275 g/mol. The van der Waals surface area contributed by atoms with Crippen LogP contribution < -0.4 is 5.32 Å². The summed E-state index contributed by atoms with van der Waals surface area (Å²) in [4.78, 5) is 0. The zero-order valence-electron chi connectivity index (χ0n) is 14.5. The Balaban J connectivity index is 2.75. The zero-order valence-corrected chi connectivity index (χ0v) is 14.5. The van der Waals surface area contributed by atoms with Crippen molar-refractivity contribution < 1.29 is 0 Å². The summed E-state index contributed by atoms with van der Waals surface area (Å²) in [6, 6.07) is 6.83. The minimum atomic E-state index is 0.205. The van der Waals surface area contributed by atoms with Gasteiger partial charge in [-0.05, 0) is 77.0 Å². The van der Waals surface area contributed by atoms with Crippen molar-refractivity contribution in [3.05, 3.63) is 34.9 Å². The van der Waals surface area contributed by atoms with Gasteiger partial charge in [-0.15, -0.1) is 0 Å². The molecule has 0 heterocycles. The van der Waals surface area contributed by atoms with Crippen LogP contribution in [-0.2, 0) is 6.42 Å². The van der Waals surface area contributed by atoms with Gasteiger partial charge in [0.15, 0.2) is 0 Å². The summed E-state index contributed by atoms with van der Waals surface area (Å²) >= 11 is 0. The Hall–Kier alpha value is -0.820. The van der Waals surface area contributed by atoms with Crippen LogP contribution in [0.15, 0.2) is 18.2 Å². The van der Waals surface area contributed by atoms with Gasteiger partial charge in [-0.3, -0.25) is 0 Å². The van der Waals surface area contributed by atoms with Gasteiger partial charge in [-0.25, -0.2) is 0 Å². The van der Waals surface area contributed by atoms with Crippen molar-refractivity contribution in [2.75, 3.05) is 6.54 Å². The summed E-state index contributed by atoms with van der Waals surface area (Å²) in [6.07, 6.45) is 2.48. The van der Waals surface area contributed by atoms with Crippen LogP contribution in [0.25, 0.3) is 0 Å². The largest absolute Gasteiger partial charge is 0.312 e. The second-order valence-electron chi connectivity index (χ2n) is 7.76. The lowest BCUT2D eigenvalue weighted by molar-refractivity contribution is 0.331. The molecule has 1 aromatic carbocycles. The average Bonchev–Trinajstić information content (AvgIpc) is 2.29. The number of hydrogen-bond donors (Lipinski definition) is 1. The van der Waals surface area contributed by atoms with Gasteiger partial charge in [0, 0.05) is 5.54 Å². The molecule has 20 heavy (non-hydrogen) atoms. The molecule has 0 saturated carbocycles. The topological polar surface area (TPSA) is 12.0 Å². The number of aryl methyl sites for hydroxylation is 2. The van der Waals surface area contributed by atoms with Gasteiger partial charge in [-0.2, -0.15) is 0 Å². The van der Waals surface area contributed by atoms with Crippen LogP contribution in [0.4, 0.5) is 0 Å². The van der Waals surface area contributed by atoms with Crippen LogP contribution in [0.1, 0.15) is 57.7 Å². The first-order chi connectivity index (χ1) is 9.17. The highest BCUT2D eigenvalue weighted by atomic mass is 14.9. The highest BCUT2D eigenvalue weighted by Gasteiger charge is 2.16. The van der Waals surface area contributed by atoms with Crippen molar-refractivity contribution in [3.8, 4) is 0 Å². The van der Waals surface area contributed by atoms with Crippen molar-refractivity contribution in [2.24, 2.45) is 11.8 Å². The Kier molecular flexibility index (Phi) is 6.26. The molecule has 0 fully saturated rings. The second-order valence-corrected chi connectivity index (χ2v) is 7.76. The smallest absolute Gasteiger partial charge is 0.00966 e. The number of nitrogens with one attached hydrogen (secondary N) is 1. The first-order valence-electron chi connectivity index (χ1n) is 7.98. The van der Waals surface area contributed by atoms with Gasteiger partial charge in [0.2, 0.25) is 0 Å². The van der Waals surface area contributed by atoms with E-state index in [2.05, 4.69) is 72.0 Å². The molecular weight excluding hydrogens is 242 g/mol. The van der Waals surface area contributed by atoms with Crippen LogP contribution in [0.5, 0.6) is 0 Å². The Bertz CT molecular complexity index is 412. The first kappa shape index (κ1) is 17.2. The molecule has 0 aliphatic carbocycles. The third-order valence-electron chi connectivity index (χ3n) is 3.74. The molecule has 1 N–H and O–H groups in total. The number of rotatable bonds is 6. The lowest BCUT2D eigenvalue weighted by Gasteiger charge is -2.27. The summed E-state index contributed by atoms with van der Waals surface area (Å²) in [5.74, 6) is 1.47. The van der Waals surface area contributed by atoms with Gasteiger partial charge in [0.25, 0.3) is 0 Å². The second kappa shape index (κ2) is 7.26. The number of hydrogen-bond acceptors (Lipinski definition) is 1. The molecule has 0 saturated heterocycles. The quantitative estimate of drug-likeness (QED) is 0.779. The summed E-state index contributed by atoms with van der Waals surface area (Å²) < 4.78 is 0. The van der Waals surface area contributed by atoms with Crippen molar-refractivity contribution in [1.82, 2.24) is 5.32 Å². The summed E-state index contributed by atoms with van der Waals surface area (Å²) in [7, 11) is 0. The summed E-state index contributed by atoms with van der Waals surface area (Å²) in [5, 5.41) is 3.68. The maximum Gasteiger partial charge on any atom is 0.00966 e. The molecule has 0 aliphatic heterocycles. The van der Waals surface area contributed by atoms with Crippen LogP contribution >= 0.6 is 0 Å². The Morgan fingerprint density at radius 3 is 2.30 bits per heavy atom. The standard InChI is InChI=1S/C19H33N/c1-14(2)10-17(13-20-19(5,6)7)12-18-11-15(3)8-9-16(18)4/h8-9,11,14,17,20H,10,12-13H2,1-7H3. The number of benzene rings is 1. The highest BCUT2D eigenvalue weighted by molar-refractivity contribution is 5.30. The van der Waals surface area contributed by atoms with Crippen LogP contribution in [0.2, 0.25) is 0 Å². The average molecular weight is 275 g/mol. The fourth-order valence-electron chi connectivity index (χ4n) is 2.69. The lowest BCUT2D eigenvalue weighted by Crippen LogP contribution is -2.39. The molecule has 0 aliphatic rings. The lowest BCUT2D eigenvalue weighted by atomic mass is 9.88. The van der Waals surface area contributed by atoms with E-state index in [0.717, 1.165) is 18.4 Å². The Morgan fingerprint density at radius 1 is 1.10 bits per heavy atom. The highest BCUT2D eigenvalue weighted by Crippen LogP contribution is 2.21. The van der Waals surface area contributed by atoms with Gasteiger partial charge in [-0.1, -0.05) is 37.6 Å². The van der Waals surface area contributed by atoms with Gasteiger partial charge in [0.05, 0.1) is 0 Å². The fraction of sp³-hybridized carbons (Fsp3) is 0.684. The van der Waals surface area contributed by atoms with E-state index in [4.69, 9.17) is 0 Å². The fourth-order valence-corrected chi connectivity index (χ4v) is 2.69. The van der Waals surface area contributed by atoms with Crippen LogP contribution in [-0.4, -0.2) is 12.1 Å². The minimum absolute atomic E-state index is 0.205. The van der Waals surface area contributed by atoms with E-state index >= 15 is 0 Å². The predicted octanol–water partition coefficient (Wildman–Crippen LogP) is 4.90. The van der Waals surface area contributed by atoms with Gasteiger partial charge >= 0.3 is 0 Å². The van der Waals surface area contributed by atoms with Gasteiger partial charge in [0.1, 0.15) is 0 Å². The maximum atomic E-state index is 3.68. The predicted molar refractivity (Wildman–Crippen MR) is 90.3 cm³/mol. The zero-order chi connectivity index (χ0) is 15.3. The molecule has 0 spiro atoms. The van der Waals surface area contributed by atoms with E-state index in [1.165, 1.54) is 29.5 Å². The summed E-state index contributed by atoms with van der Waals surface area (Å²) in [5.41, 5.74) is 4.53. The Morgan fingerprint density at radius 2 is 1.75 bits per heavy atom. The molecule has 1 heteroatoms. The van der Waals surface area contributed by atoms with Crippen molar-refractivity contribution in [1.29, 1.82) is 0 Å². The molecule has 0 bridgehead atoms. The third-order valence-corrected chi connectivity index (χ3v) is 3.74. The van der Waals surface area contributed by atoms with E-state index in [1.807, 2.05) is 0 Å². The van der Waals surface area contributed by atoms with Crippen LogP contribution in [0.3, 0.4) is 0 Å². The van der Waals surface area contributed by atoms with Crippen molar-refractivity contribution in [2.45, 2.75) is 66.8 Å². The molecule has 1 nitrogen and oxygen atoms in total. The third kappa shape index (κ3) is 6.56.